The number of aromatic amines is 1. The molecule has 3 rings (SSSR count). The molecule has 0 saturated carbocycles. The molecule has 8 heteroatoms. The van der Waals surface area contributed by atoms with E-state index in [1.54, 1.807) is 12.1 Å². The zero-order valence-corrected chi connectivity index (χ0v) is 18.0. The lowest BCUT2D eigenvalue weighted by atomic mass is 10.0. The van der Waals surface area contributed by atoms with Crippen LogP contribution < -0.4 is 10.5 Å². The summed E-state index contributed by atoms with van der Waals surface area (Å²) >= 11 is 0. The summed E-state index contributed by atoms with van der Waals surface area (Å²) in [6.45, 7) is 4.01. The van der Waals surface area contributed by atoms with Crippen molar-refractivity contribution in [1.29, 1.82) is 0 Å². The highest BCUT2D eigenvalue weighted by Gasteiger charge is 2.16. The number of ketones is 1. The summed E-state index contributed by atoms with van der Waals surface area (Å²) in [5.74, 6) is 1.09. The number of phenolic OH excluding ortho intramolecular Hbond substituents is 1. The number of Topliss-reactive ketones (excluding diaryl/α,β-unsaturated/α-hetero) is 1. The molecule has 1 heterocycles. The van der Waals surface area contributed by atoms with Crippen LogP contribution in [0.2, 0.25) is 0 Å². The zero-order valence-electron chi connectivity index (χ0n) is 18.0. The Kier molecular flexibility index (Phi) is 7.72. The summed E-state index contributed by atoms with van der Waals surface area (Å²) in [7, 11) is 0. The molecule has 0 spiro atoms. The second-order valence-electron chi connectivity index (χ2n) is 7.55. The number of tetrazole rings is 1. The average Bonchev–Trinajstić information content (AvgIpc) is 3.30. The molecule has 0 amide bonds. The summed E-state index contributed by atoms with van der Waals surface area (Å²) < 4.78 is 5.91. The van der Waals surface area contributed by atoms with Gasteiger partial charge >= 0.3 is 0 Å². The van der Waals surface area contributed by atoms with Gasteiger partial charge in [0.1, 0.15) is 11.5 Å². The van der Waals surface area contributed by atoms with Crippen molar-refractivity contribution in [2.75, 3.05) is 6.61 Å². The largest absolute Gasteiger partial charge is 0.507 e. The highest BCUT2D eigenvalue weighted by molar-refractivity contribution is 5.97. The van der Waals surface area contributed by atoms with Crippen LogP contribution in [-0.2, 0) is 6.42 Å². The third kappa shape index (κ3) is 5.67. The molecule has 8 nitrogen and oxygen atoms in total. The number of ether oxygens (including phenoxy) is 1. The van der Waals surface area contributed by atoms with Crippen molar-refractivity contribution in [2.45, 2.75) is 52.0 Å². The van der Waals surface area contributed by atoms with Crippen LogP contribution in [-0.4, -0.2) is 38.1 Å². The number of aromatic hydroxyl groups is 1. The molecule has 0 saturated heterocycles. The number of benzene rings is 2. The smallest absolute Gasteiger partial charge is 0.204 e. The van der Waals surface area contributed by atoms with Gasteiger partial charge in [-0.15, -0.1) is 10.2 Å². The minimum absolute atomic E-state index is 0.0399. The van der Waals surface area contributed by atoms with Crippen LogP contribution in [0.25, 0.3) is 11.4 Å². The minimum atomic E-state index is -0.152. The van der Waals surface area contributed by atoms with E-state index in [9.17, 15) is 9.90 Å². The Morgan fingerprint density at radius 3 is 2.61 bits per heavy atom. The first-order valence-electron chi connectivity index (χ1n) is 10.6. The van der Waals surface area contributed by atoms with Crippen molar-refractivity contribution < 1.29 is 14.6 Å². The van der Waals surface area contributed by atoms with Gasteiger partial charge in [-0.05, 0) is 55.5 Å². The summed E-state index contributed by atoms with van der Waals surface area (Å²) in [6.07, 6.45) is 4.10. The zero-order chi connectivity index (χ0) is 22.2. The fraction of sp³-hybridized carbons (Fsp3) is 0.391. The van der Waals surface area contributed by atoms with Gasteiger partial charge in [-0.1, -0.05) is 37.6 Å². The van der Waals surface area contributed by atoms with Crippen molar-refractivity contribution >= 4 is 5.78 Å². The average molecular weight is 424 g/mol. The number of nitrogens with two attached hydrogens (primary N) is 1. The van der Waals surface area contributed by atoms with Crippen molar-refractivity contribution in [3.05, 3.63) is 53.1 Å². The molecule has 0 bridgehead atoms. The summed E-state index contributed by atoms with van der Waals surface area (Å²) in [5.41, 5.74) is 9.32. The van der Waals surface area contributed by atoms with Crippen LogP contribution in [0, 0.1) is 0 Å². The van der Waals surface area contributed by atoms with Gasteiger partial charge in [0.15, 0.2) is 5.78 Å². The lowest BCUT2D eigenvalue weighted by molar-refractivity contribution is 0.101. The van der Waals surface area contributed by atoms with Gasteiger partial charge in [-0.2, -0.15) is 5.21 Å². The molecule has 1 aromatic heterocycles. The Balaban J connectivity index is 1.49. The van der Waals surface area contributed by atoms with E-state index in [2.05, 4.69) is 20.6 Å². The molecule has 0 fully saturated rings. The van der Waals surface area contributed by atoms with Crippen LogP contribution >= 0.6 is 0 Å². The number of unbranched alkanes of at least 4 members (excludes halogenated alkanes) is 1. The normalized spacial score (nSPS) is 12.0. The Bertz CT molecular complexity index is 987. The first-order valence-corrected chi connectivity index (χ1v) is 10.6. The highest BCUT2D eigenvalue weighted by atomic mass is 16.5. The number of nitrogens with zero attached hydrogens (tertiary/aromatic N) is 3. The van der Waals surface area contributed by atoms with E-state index in [1.807, 2.05) is 31.2 Å². The van der Waals surface area contributed by atoms with Gasteiger partial charge < -0.3 is 15.6 Å². The van der Waals surface area contributed by atoms with E-state index in [-0.39, 0.29) is 17.6 Å². The fourth-order valence-corrected chi connectivity index (χ4v) is 3.51. The predicted molar refractivity (Wildman–Crippen MR) is 118 cm³/mol. The summed E-state index contributed by atoms with van der Waals surface area (Å²) in [5, 5.41) is 24.4. The van der Waals surface area contributed by atoms with Crippen molar-refractivity contribution in [3.8, 4) is 22.9 Å². The Morgan fingerprint density at radius 1 is 1.19 bits per heavy atom. The van der Waals surface area contributed by atoms with Gasteiger partial charge in [0, 0.05) is 17.2 Å². The fourth-order valence-electron chi connectivity index (χ4n) is 3.51. The molecule has 31 heavy (non-hydrogen) atoms. The molecule has 164 valence electrons. The maximum absolute atomic E-state index is 11.7. The number of phenols is 1. The Labute approximate surface area is 181 Å². The van der Waals surface area contributed by atoms with E-state index in [0.29, 0.717) is 35.7 Å². The minimum Gasteiger partial charge on any atom is -0.507 e. The topological polar surface area (TPSA) is 127 Å². The van der Waals surface area contributed by atoms with Gasteiger partial charge in [-0.3, -0.25) is 4.79 Å². The standard InChI is InChI=1S/C23H29N5O3/c1-3-6-19-21(13-12-18(15(2)29)22(19)30)31-14-5-4-7-20(24)16-8-10-17(11-9-16)23-25-27-28-26-23/h8-13,20,30H,3-7,14,24H2,1-2H3,(H,25,26,27,28). The van der Waals surface area contributed by atoms with Crippen LogP contribution in [0.3, 0.4) is 0 Å². The lowest BCUT2D eigenvalue weighted by Crippen LogP contribution is -2.11. The number of aromatic nitrogens is 4. The summed E-state index contributed by atoms with van der Waals surface area (Å²) in [6, 6.07) is 11.2. The quantitative estimate of drug-likeness (QED) is 0.314. The van der Waals surface area contributed by atoms with Crippen molar-refractivity contribution in [1.82, 2.24) is 20.6 Å². The van der Waals surface area contributed by atoms with Crippen molar-refractivity contribution in [2.24, 2.45) is 5.73 Å². The van der Waals surface area contributed by atoms with Crippen LogP contribution in [0.5, 0.6) is 11.5 Å². The predicted octanol–water partition coefficient (Wildman–Crippen LogP) is 3.98. The SMILES string of the molecule is CCCc1c(OCCCCC(N)c2ccc(-c3nn[nH]n3)cc2)ccc(C(C)=O)c1O. The molecule has 3 aromatic rings. The highest BCUT2D eigenvalue weighted by Crippen LogP contribution is 2.33. The van der Waals surface area contributed by atoms with Gasteiger partial charge in [-0.25, -0.2) is 0 Å². The van der Waals surface area contributed by atoms with Crippen LogP contribution in [0.15, 0.2) is 36.4 Å². The number of hydrogen-bond donors (Lipinski definition) is 3. The molecule has 0 radical (unpaired) electrons. The molecule has 1 unspecified atom stereocenters. The molecule has 1 atom stereocenters. The van der Waals surface area contributed by atoms with Crippen LogP contribution in [0.4, 0.5) is 0 Å². The molecule has 4 N–H and O–H groups in total. The second kappa shape index (κ2) is 10.7. The molecule has 0 aliphatic carbocycles. The number of rotatable bonds is 11. The second-order valence-corrected chi connectivity index (χ2v) is 7.55. The Hall–Kier alpha value is -3.26. The van der Waals surface area contributed by atoms with E-state index in [1.165, 1.54) is 6.92 Å². The number of H-pyrrole nitrogens is 1. The molecule has 0 aliphatic rings. The molecule has 0 aliphatic heterocycles. The number of carbonyl (C=O) groups excluding carboxylic acids is 1. The third-order valence-electron chi connectivity index (χ3n) is 5.23. The Morgan fingerprint density at radius 2 is 1.97 bits per heavy atom. The van der Waals surface area contributed by atoms with Gasteiger partial charge in [0.05, 0.1) is 12.2 Å². The van der Waals surface area contributed by atoms with Crippen LogP contribution in [0.1, 0.15) is 67.1 Å². The molecular formula is C23H29N5O3. The van der Waals surface area contributed by atoms with Crippen molar-refractivity contribution in [3.63, 3.8) is 0 Å². The number of nitrogens with one attached hydrogen (secondary N) is 1. The van der Waals surface area contributed by atoms with E-state index in [4.69, 9.17) is 10.5 Å². The monoisotopic (exact) mass is 423 g/mol. The van der Waals surface area contributed by atoms with E-state index in [0.717, 1.165) is 36.8 Å². The van der Waals surface area contributed by atoms with Gasteiger partial charge in [0.25, 0.3) is 0 Å². The maximum Gasteiger partial charge on any atom is 0.204 e. The number of carbonyl (C=O) groups is 1. The third-order valence-corrected chi connectivity index (χ3v) is 5.23. The first-order chi connectivity index (χ1) is 15.0. The maximum atomic E-state index is 11.7. The van der Waals surface area contributed by atoms with E-state index < -0.39 is 0 Å². The lowest BCUT2D eigenvalue weighted by Gasteiger charge is -2.15. The molecule has 2 aromatic carbocycles. The molecular weight excluding hydrogens is 394 g/mol. The number of hydrogen-bond acceptors (Lipinski definition) is 7. The summed E-state index contributed by atoms with van der Waals surface area (Å²) in [4.78, 5) is 11.7. The van der Waals surface area contributed by atoms with E-state index >= 15 is 0 Å². The first kappa shape index (κ1) is 22.4. The van der Waals surface area contributed by atoms with Gasteiger partial charge in [0.2, 0.25) is 5.82 Å².